The number of anilines is 1. The minimum Gasteiger partial charge on any atom is -0.378 e. The SMILES string of the molecule is O=C(Nc1ccn(-c2ccccc2)n1)N[C@@H]1CCO[C@@H](C2CC2)C1. The van der Waals surface area contributed by atoms with Crippen LogP contribution in [0.3, 0.4) is 0 Å². The number of rotatable bonds is 4. The fourth-order valence-corrected chi connectivity index (χ4v) is 3.21. The second-order valence-corrected chi connectivity index (χ2v) is 6.55. The zero-order chi connectivity index (χ0) is 16.4. The van der Waals surface area contributed by atoms with Gasteiger partial charge in [-0.05, 0) is 43.7 Å². The van der Waals surface area contributed by atoms with Gasteiger partial charge < -0.3 is 10.1 Å². The lowest BCUT2D eigenvalue weighted by atomic mass is 10.0. The van der Waals surface area contributed by atoms with E-state index in [1.807, 2.05) is 36.5 Å². The van der Waals surface area contributed by atoms with Gasteiger partial charge in [-0.15, -0.1) is 5.10 Å². The van der Waals surface area contributed by atoms with E-state index >= 15 is 0 Å². The number of aromatic nitrogens is 2. The van der Waals surface area contributed by atoms with Crippen LogP contribution in [0, 0.1) is 5.92 Å². The normalized spacial score (nSPS) is 23.7. The predicted molar refractivity (Wildman–Crippen MR) is 91.2 cm³/mol. The van der Waals surface area contributed by atoms with Crippen molar-refractivity contribution >= 4 is 11.8 Å². The smallest absolute Gasteiger partial charge is 0.320 e. The van der Waals surface area contributed by atoms with Gasteiger partial charge in [-0.25, -0.2) is 9.48 Å². The van der Waals surface area contributed by atoms with E-state index in [1.54, 1.807) is 10.7 Å². The maximum atomic E-state index is 12.2. The Morgan fingerprint density at radius 2 is 2.00 bits per heavy atom. The summed E-state index contributed by atoms with van der Waals surface area (Å²) in [5.41, 5.74) is 0.961. The molecule has 2 aromatic rings. The minimum absolute atomic E-state index is 0.181. The van der Waals surface area contributed by atoms with Crippen molar-refractivity contribution in [2.24, 2.45) is 5.92 Å². The molecule has 6 nitrogen and oxygen atoms in total. The van der Waals surface area contributed by atoms with Crippen molar-refractivity contribution < 1.29 is 9.53 Å². The third kappa shape index (κ3) is 3.59. The van der Waals surface area contributed by atoms with E-state index in [2.05, 4.69) is 15.7 Å². The molecular formula is C18H22N4O2. The van der Waals surface area contributed by atoms with Gasteiger partial charge in [0.1, 0.15) is 0 Å². The summed E-state index contributed by atoms with van der Waals surface area (Å²) in [4.78, 5) is 12.2. The quantitative estimate of drug-likeness (QED) is 0.907. The van der Waals surface area contributed by atoms with Crippen LogP contribution in [0.2, 0.25) is 0 Å². The van der Waals surface area contributed by atoms with E-state index in [-0.39, 0.29) is 12.1 Å². The molecular weight excluding hydrogens is 304 g/mol. The highest BCUT2D eigenvalue weighted by Gasteiger charge is 2.36. The van der Waals surface area contributed by atoms with Crippen molar-refractivity contribution in [3.05, 3.63) is 42.6 Å². The van der Waals surface area contributed by atoms with E-state index < -0.39 is 0 Å². The molecule has 1 saturated carbocycles. The Bertz CT molecular complexity index is 696. The Balaban J connectivity index is 1.32. The Morgan fingerprint density at radius 1 is 1.17 bits per heavy atom. The number of hydrogen-bond donors (Lipinski definition) is 2. The largest absolute Gasteiger partial charge is 0.378 e. The molecule has 2 heterocycles. The van der Waals surface area contributed by atoms with Crippen LogP contribution in [0.5, 0.6) is 0 Å². The van der Waals surface area contributed by atoms with Gasteiger partial charge in [0.25, 0.3) is 0 Å². The average molecular weight is 326 g/mol. The van der Waals surface area contributed by atoms with Crippen LogP contribution >= 0.6 is 0 Å². The molecule has 4 rings (SSSR count). The summed E-state index contributed by atoms with van der Waals surface area (Å²) in [6.45, 7) is 0.731. The standard InChI is InChI=1S/C18H22N4O2/c23-18(19-14-9-11-24-16(12-14)13-6-7-13)20-17-8-10-22(21-17)15-4-2-1-3-5-15/h1-5,8,10,13-14,16H,6-7,9,11-12H2,(H2,19,20,21,23)/t14-,16-/m1/s1. The predicted octanol–water partition coefficient (Wildman–Crippen LogP) is 2.95. The van der Waals surface area contributed by atoms with Crippen molar-refractivity contribution in [2.75, 3.05) is 11.9 Å². The molecule has 2 amide bonds. The molecule has 0 bridgehead atoms. The third-order valence-electron chi connectivity index (χ3n) is 4.65. The molecule has 0 unspecified atom stereocenters. The van der Waals surface area contributed by atoms with Crippen LogP contribution in [0.15, 0.2) is 42.6 Å². The Morgan fingerprint density at radius 3 is 2.79 bits per heavy atom. The van der Waals surface area contributed by atoms with Crippen molar-refractivity contribution in [3.63, 3.8) is 0 Å². The zero-order valence-electron chi connectivity index (χ0n) is 13.5. The van der Waals surface area contributed by atoms with E-state index in [9.17, 15) is 4.79 Å². The number of urea groups is 1. The average Bonchev–Trinajstić information content (AvgIpc) is 3.36. The van der Waals surface area contributed by atoms with Crippen LogP contribution in [0.25, 0.3) is 5.69 Å². The Labute approximate surface area is 141 Å². The monoisotopic (exact) mass is 326 g/mol. The van der Waals surface area contributed by atoms with Gasteiger partial charge in [-0.1, -0.05) is 18.2 Å². The molecule has 1 aliphatic carbocycles. The Kier molecular flexibility index (Phi) is 4.21. The van der Waals surface area contributed by atoms with Crippen molar-refractivity contribution in [2.45, 2.75) is 37.8 Å². The molecule has 1 saturated heterocycles. The first-order valence-electron chi connectivity index (χ1n) is 8.58. The van der Waals surface area contributed by atoms with Crippen LogP contribution < -0.4 is 10.6 Å². The van der Waals surface area contributed by atoms with Gasteiger partial charge >= 0.3 is 6.03 Å². The minimum atomic E-state index is -0.199. The number of amides is 2. The summed E-state index contributed by atoms with van der Waals surface area (Å²) in [6.07, 6.45) is 6.47. The van der Waals surface area contributed by atoms with Gasteiger partial charge in [0, 0.05) is 24.9 Å². The van der Waals surface area contributed by atoms with Gasteiger partial charge in [0.2, 0.25) is 0 Å². The van der Waals surface area contributed by atoms with Gasteiger partial charge in [-0.2, -0.15) is 0 Å². The summed E-state index contributed by atoms with van der Waals surface area (Å²) < 4.78 is 7.54. The first-order valence-corrected chi connectivity index (χ1v) is 8.58. The van der Waals surface area contributed by atoms with E-state index in [0.717, 1.165) is 25.1 Å². The third-order valence-corrected chi connectivity index (χ3v) is 4.65. The molecule has 1 aromatic carbocycles. The summed E-state index contributed by atoms with van der Waals surface area (Å²) in [5, 5.41) is 10.3. The maximum absolute atomic E-state index is 12.2. The van der Waals surface area contributed by atoms with Crippen molar-refractivity contribution in [1.29, 1.82) is 0 Å². The van der Waals surface area contributed by atoms with Gasteiger partial charge in [0.15, 0.2) is 5.82 Å². The second kappa shape index (κ2) is 6.65. The molecule has 2 fully saturated rings. The van der Waals surface area contributed by atoms with Crippen LogP contribution in [-0.2, 0) is 4.74 Å². The molecule has 0 radical (unpaired) electrons. The number of nitrogens with one attached hydrogen (secondary N) is 2. The number of benzene rings is 1. The summed E-state index contributed by atoms with van der Waals surface area (Å²) in [7, 11) is 0. The topological polar surface area (TPSA) is 68.2 Å². The van der Waals surface area contributed by atoms with E-state index in [4.69, 9.17) is 4.74 Å². The van der Waals surface area contributed by atoms with Crippen LogP contribution in [-0.4, -0.2) is 34.6 Å². The van der Waals surface area contributed by atoms with Crippen LogP contribution in [0.4, 0.5) is 10.6 Å². The number of hydrogen-bond acceptors (Lipinski definition) is 3. The van der Waals surface area contributed by atoms with Crippen molar-refractivity contribution in [3.8, 4) is 5.69 Å². The number of nitrogens with zero attached hydrogens (tertiary/aromatic N) is 2. The Hall–Kier alpha value is -2.34. The lowest BCUT2D eigenvalue weighted by Gasteiger charge is -2.30. The molecule has 2 atom stereocenters. The first-order chi connectivity index (χ1) is 11.8. The van der Waals surface area contributed by atoms with Crippen molar-refractivity contribution in [1.82, 2.24) is 15.1 Å². The zero-order valence-corrected chi connectivity index (χ0v) is 13.5. The highest BCUT2D eigenvalue weighted by Crippen LogP contribution is 2.38. The summed E-state index contributed by atoms with van der Waals surface area (Å²) in [5.74, 6) is 1.25. The highest BCUT2D eigenvalue weighted by molar-refractivity contribution is 5.88. The highest BCUT2D eigenvalue weighted by atomic mass is 16.5. The summed E-state index contributed by atoms with van der Waals surface area (Å²) >= 11 is 0. The lowest BCUT2D eigenvalue weighted by Crippen LogP contribution is -2.44. The van der Waals surface area contributed by atoms with Gasteiger partial charge in [0.05, 0.1) is 11.8 Å². The number of carbonyl (C=O) groups excluding carboxylic acids is 1. The first kappa shape index (κ1) is 15.2. The lowest BCUT2D eigenvalue weighted by molar-refractivity contribution is -0.00889. The molecule has 2 N–H and O–H groups in total. The molecule has 1 aliphatic heterocycles. The molecule has 6 heteroatoms. The molecule has 1 aromatic heterocycles. The number of para-hydroxylation sites is 1. The maximum Gasteiger partial charge on any atom is 0.320 e. The molecule has 24 heavy (non-hydrogen) atoms. The number of ether oxygens (including phenoxy) is 1. The molecule has 2 aliphatic rings. The van der Waals surface area contributed by atoms with E-state index in [0.29, 0.717) is 17.8 Å². The molecule has 126 valence electrons. The summed E-state index contributed by atoms with van der Waals surface area (Å²) in [6, 6.07) is 11.6. The van der Waals surface area contributed by atoms with E-state index in [1.165, 1.54) is 12.8 Å². The fourth-order valence-electron chi connectivity index (χ4n) is 3.21. The van der Waals surface area contributed by atoms with Crippen LogP contribution in [0.1, 0.15) is 25.7 Å². The van der Waals surface area contributed by atoms with Gasteiger partial charge in [-0.3, -0.25) is 5.32 Å². The fraction of sp³-hybridized carbons (Fsp3) is 0.444. The second-order valence-electron chi connectivity index (χ2n) is 6.55. The number of carbonyl (C=O) groups is 1. The molecule has 0 spiro atoms.